The number of anilines is 1. The van der Waals surface area contributed by atoms with E-state index in [0.717, 1.165) is 22.6 Å². The number of para-hydroxylation sites is 2. The van der Waals surface area contributed by atoms with Crippen LogP contribution in [0.1, 0.15) is 16.7 Å². The fourth-order valence-corrected chi connectivity index (χ4v) is 2.58. The summed E-state index contributed by atoms with van der Waals surface area (Å²) in [4.78, 5) is 0. The summed E-state index contributed by atoms with van der Waals surface area (Å²) < 4.78 is 5.95. The van der Waals surface area contributed by atoms with E-state index in [1.807, 2.05) is 54.6 Å². The number of thiocarbonyl (C=S) groups is 1. The van der Waals surface area contributed by atoms with E-state index in [4.69, 9.17) is 17.0 Å². The van der Waals surface area contributed by atoms with Crippen molar-refractivity contribution in [1.82, 2.24) is 5.43 Å². The Kier molecular flexibility index (Phi) is 6.55. The van der Waals surface area contributed by atoms with Crippen LogP contribution in [-0.4, -0.2) is 11.3 Å². The number of aryl methyl sites for hydroxylation is 1. The molecule has 3 aromatic carbocycles. The van der Waals surface area contributed by atoms with Gasteiger partial charge in [-0.15, -0.1) is 0 Å². The monoisotopic (exact) mass is 375 g/mol. The molecular weight excluding hydrogens is 354 g/mol. The van der Waals surface area contributed by atoms with Gasteiger partial charge in [0, 0.05) is 11.3 Å². The first kappa shape index (κ1) is 18.6. The molecule has 0 aliphatic rings. The highest BCUT2D eigenvalue weighted by molar-refractivity contribution is 7.80. The van der Waals surface area contributed by atoms with Gasteiger partial charge >= 0.3 is 0 Å². The molecule has 0 spiro atoms. The van der Waals surface area contributed by atoms with Crippen LogP contribution in [0.2, 0.25) is 0 Å². The first-order valence-corrected chi connectivity index (χ1v) is 9.04. The molecule has 0 fully saturated rings. The maximum atomic E-state index is 5.95. The standard InChI is InChI=1S/C22H21N3OS/c1-17-11-13-18(14-12-17)16-26-21-10-6-5-7-19(21)15-23-25-22(27)24-20-8-3-2-4-9-20/h2-15H,16H2,1H3,(H2,24,25,27)/b23-15+. The fourth-order valence-electron chi connectivity index (χ4n) is 2.40. The van der Waals surface area contributed by atoms with E-state index >= 15 is 0 Å². The summed E-state index contributed by atoms with van der Waals surface area (Å²) >= 11 is 5.24. The second-order valence-corrected chi connectivity index (χ2v) is 6.41. The van der Waals surface area contributed by atoms with E-state index in [2.05, 4.69) is 47.0 Å². The Bertz CT molecular complexity index is 908. The summed E-state index contributed by atoms with van der Waals surface area (Å²) in [6.07, 6.45) is 1.70. The average Bonchev–Trinajstić information content (AvgIpc) is 2.69. The Hall–Kier alpha value is -3.18. The van der Waals surface area contributed by atoms with Crippen molar-refractivity contribution in [1.29, 1.82) is 0 Å². The molecule has 2 N–H and O–H groups in total. The van der Waals surface area contributed by atoms with Crippen LogP contribution in [0, 0.1) is 6.92 Å². The third kappa shape index (κ3) is 5.94. The molecule has 0 aliphatic carbocycles. The lowest BCUT2D eigenvalue weighted by atomic mass is 10.1. The Morgan fingerprint density at radius 2 is 1.67 bits per heavy atom. The smallest absolute Gasteiger partial charge is 0.191 e. The molecule has 0 saturated carbocycles. The van der Waals surface area contributed by atoms with E-state index in [0.29, 0.717) is 11.7 Å². The van der Waals surface area contributed by atoms with Crippen LogP contribution in [0.4, 0.5) is 5.69 Å². The highest BCUT2D eigenvalue weighted by Gasteiger charge is 2.02. The zero-order chi connectivity index (χ0) is 18.9. The van der Waals surface area contributed by atoms with Crippen LogP contribution >= 0.6 is 12.2 Å². The minimum absolute atomic E-state index is 0.426. The number of hydrazone groups is 1. The minimum atomic E-state index is 0.426. The number of hydrogen-bond acceptors (Lipinski definition) is 3. The Labute approximate surface area is 164 Å². The molecule has 0 heterocycles. The first-order valence-electron chi connectivity index (χ1n) is 8.63. The molecule has 0 unspecified atom stereocenters. The quantitative estimate of drug-likeness (QED) is 0.366. The van der Waals surface area contributed by atoms with Crippen LogP contribution < -0.4 is 15.5 Å². The van der Waals surface area contributed by atoms with Crippen molar-refractivity contribution in [3.63, 3.8) is 0 Å². The van der Waals surface area contributed by atoms with Gasteiger partial charge in [-0.3, -0.25) is 5.43 Å². The highest BCUT2D eigenvalue weighted by Crippen LogP contribution is 2.17. The Morgan fingerprint density at radius 3 is 2.44 bits per heavy atom. The normalized spacial score (nSPS) is 10.6. The predicted molar refractivity (Wildman–Crippen MR) is 115 cm³/mol. The molecular formula is C22H21N3OS. The molecule has 5 heteroatoms. The minimum Gasteiger partial charge on any atom is -0.488 e. The molecule has 3 aromatic rings. The maximum Gasteiger partial charge on any atom is 0.191 e. The number of hydrogen-bond donors (Lipinski definition) is 2. The number of nitrogens with zero attached hydrogens (tertiary/aromatic N) is 1. The first-order chi connectivity index (χ1) is 13.2. The van der Waals surface area contributed by atoms with Gasteiger partial charge in [0.15, 0.2) is 5.11 Å². The highest BCUT2D eigenvalue weighted by atomic mass is 32.1. The lowest BCUT2D eigenvalue weighted by Gasteiger charge is -2.10. The molecule has 3 rings (SSSR count). The van der Waals surface area contributed by atoms with Crippen molar-refractivity contribution in [2.24, 2.45) is 5.10 Å². The van der Waals surface area contributed by atoms with Crippen molar-refractivity contribution < 1.29 is 4.74 Å². The zero-order valence-electron chi connectivity index (χ0n) is 15.1. The van der Waals surface area contributed by atoms with E-state index in [1.54, 1.807) is 6.21 Å². The second-order valence-electron chi connectivity index (χ2n) is 6.00. The number of rotatable bonds is 6. The van der Waals surface area contributed by atoms with Crippen molar-refractivity contribution in [2.75, 3.05) is 5.32 Å². The third-order valence-electron chi connectivity index (χ3n) is 3.84. The summed E-state index contributed by atoms with van der Waals surface area (Å²) in [6.45, 7) is 2.58. The Balaban J connectivity index is 1.57. The lowest BCUT2D eigenvalue weighted by Crippen LogP contribution is -2.23. The summed E-state index contributed by atoms with van der Waals surface area (Å²) in [7, 11) is 0. The van der Waals surface area contributed by atoms with Gasteiger partial charge in [0.2, 0.25) is 0 Å². The SMILES string of the molecule is Cc1ccc(COc2ccccc2/C=N/NC(=S)Nc2ccccc2)cc1. The molecule has 136 valence electrons. The van der Waals surface area contributed by atoms with Gasteiger partial charge < -0.3 is 10.1 Å². The van der Waals surface area contributed by atoms with E-state index < -0.39 is 0 Å². The average molecular weight is 375 g/mol. The summed E-state index contributed by atoms with van der Waals surface area (Å²) in [5, 5.41) is 7.70. The van der Waals surface area contributed by atoms with E-state index in [1.165, 1.54) is 5.56 Å². The number of benzene rings is 3. The Morgan fingerprint density at radius 1 is 0.963 bits per heavy atom. The molecule has 0 aromatic heterocycles. The topological polar surface area (TPSA) is 45.6 Å². The maximum absolute atomic E-state index is 5.95. The largest absolute Gasteiger partial charge is 0.488 e. The molecule has 0 radical (unpaired) electrons. The third-order valence-corrected chi connectivity index (χ3v) is 4.03. The van der Waals surface area contributed by atoms with Crippen LogP contribution in [0.25, 0.3) is 0 Å². The van der Waals surface area contributed by atoms with Gasteiger partial charge in [0.05, 0.1) is 6.21 Å². The van der Waals surface area contributed by atoms with Gasteiger partial charge in [0.25, 0.3) is 0 Å². The lowest BCUT2D eigenvalue weighted by molar-refractivity contribution is 0.306. The van der Waals surface area contributed by atoms with Crippen molar-refractivity contribution in [3.05, 3.63) is 95.6 Å². The molecule has 27 heavy (non-hydrogen) atoms. The molecule has 0 amide bonds. The second kappa shape index (κ2) is 9.50. The van der Waals surface area contributed by atoms with Crippen LogP contribution in [0.3, 0.4) is 0 Å². The van der Waals surface area contributed by atoms with E-state index in [9.17, 15) is 0 Å². The number of ether oxygens (including phenoxy) is 1. The van der Waals surface area contributed by atoms with Crippen LogP contribution in [0.5, 0.6) is 5.75 Å². The van der Waals surface area contributed by atoms with Crippen molar-refractivity contribution in [2.45, 2.75) is 13.5 Å². The van der Waals surface area contributed by atoms with Crippen LogP contribution in [-0.2, 0) is 6.61 Å². The molecule has 0 bridgehead atoms. The summed E-state index contributed by atoms with van der Waals surface area (Å²) in [5.41, 5.74) is 6.96. The summed E-state index contributed by atoms with van der Waals surface area (Å²) in [5.74, 6) is 0.769. The van der Waals surface area contributed by atoms with Crippen molar-refractivity contribution >= 4 is 29.2 Å². The van der Waals surface area contributed by atoms with Gasteiger partial charge in [-0.2, -0.15) is 5.10 Å². The van der Waals surface area contributed by atoms with Crippen LogP contribution in [0.15, 0.2) is 84.0 Å². The predicted octanol–water partition coefficient (Wildman–Crippen LogP) is 4.89. The van der Waals surface area contributed by atoms with Gasteiger partial charge in [-0.05, 0) is 49.0 Å². The van der Waals surface area contributed by atoms with Gasteiger partial charge in [-0.1, -0.05) is 60.2 Å². The fraction of sp³-hybridized carbons (Fsp3) is 0.0909. The zero-order valence-corrected chi connectivity index (χ0v) is 15.9. The van der Waals surface area contributed by atoms with Crippen molar-refractivity contribution in [3.8, 4) is 5.75 Å². The molecule has 0 aliphatic heterocycles. The van der Waals surface area contributed by atoms with E-state index in [-0.39, 0.29) is 0 Å². The summed E-state index contributed by atoms with van der Waals surface area (Å²) in [6, 6.07) is 25.8. The van der Waals surface area contributed by atoms with Gasteiger partial charge in [-0.25, -0.2) is 0 Å². The molecule has 0 atom stereocenters. The molecule has 4 nitrogen and oxygen atoms in total. The van der Waals surface area contributed by atoms with Gasteiger partial charge in [0.1, 0.15) is 12.4 Å². The molecule has 0 saturated heterocycles. The number of nitrogens with one attached hydrogen (secondary N) is 2.